The second kappa shape index (κ2) is 5.97. The maximum atomic E-state index is 6.23. The van der Waals surface area contributed by atoms with Gasteiger partial charge in [-0.3, -0.25) is 0 Å². The Hall–Kier alpha value is -1.33. The first-order valence-corrected chi connectivity index (χ1v) is 7.70. The molecule has 0 N–H and O–H groups in total. The van der Waals surface area contributed by atoms with Gasteiger partial charge in [0.05, 0.1) is 6.54 Å². The van der Waals surface area contributed by atoms with Crippen molar-refractivity contribution < 1.29 is 0 Å². The lowest BCUT2D eigenvalue weighted by Crippen LogP contribution is -2.01. The third kappa shape index (κ3) is 2.88. The van der Waals surface area contributed by atoms with Crippen molar-refractivity contribution in [2.75, 3.05) is 0 Å². The van der Waals surface area contributed by atoms with Crippen LogP contribution < -0.4 is 0 Å². The first kappa shape index (κ1) is 13.6. The quantitative estimate of drug-likeness (QED) is 0.580. The van der Waals surface area contributed by atoms with Gasteiger partial charge in [-0.15, -0.1) is 0 Å². The molecular weight excluding hydrogens is 383 g/mol. The molecule has 0 saturated carbocycles. The zero-order valence-electron chi connectivity index (χ0n) is 10.6. The van der Waals surface area contributed by atoms with Crippen LogP contribution >= 0.6 is 34.2 Å². The van der Waals surface area contributed by atoms with Crippen LogP contribution in [0, 0.1) is 3.57 Å². The lowest BCUT2D eigenvalue weighted by atomic mass is 10.2. The minimum Gasteiger partial charge on any atom is -0.327 e. The van der Waals surface area contributed by atoms with Crippen LogP contribution in [-0.4, -0.2) is 9.55 Å². The molecule has 3 aromatic rings. The fourth-order valence-corrected chi connectivity index (χ4v) is 2.87. The summed E-state index contributed by atoms with van der Waals surface area (Å²) in [5.74, 6) is 0.962. The van der Waals surface area contributed by atoms with Crippen LogP contribution in [0.5, 0.6) is 0 Å². The molecule has 0 amide bonds. The first-order valence-electron chi connectivity index (χ1n) is 6.24. The molecule has 0 radical (unpaired) electrons. The van der Waals surface area contributed by atoms with E-state index in [0.717, 1.165) is 28.5 Å². The average Bonchev–Trinajstić information content (AvgIpc) is 2.90. The van der Waals surface area contributed by atoms with Crippen molar-refractivity contribution in [3.63, 3.8) is 0 Å². The Morgan fingerprint density at radius 2 is 1.95 bits per heavy atom. The number of benzene rings is 2. The van der Waals surface area contributed by atoms with Gasteiger partial charge in [0.15, 0.2) is 0 Å². The SMILES string of the molecule is Clc1ccccc1Cn1ccnc1-c1cccc(I)c1. The Kier molecular flexibility index (Phi) is 4.08. The Bertz CT molecular complexity index is 737. The maximum Gasteiger partial charge on any atom is 0.140 e. The molecule has 0 fully saturated rings. The molecule has 3 rings (SSSR count). The Labute approximate surface area is 136 Å². The van der Waals surface area contributed by atoms with Gasteiger partial charge in [0.1, 0.15) is 5.82 Å². The van der Waals surface area contributed by atoms with Gasteiger partial charge in [-0.2, -0.15) is 0 Å². The number of hydrogen-bond acceptors (Lipinski definition) is 1. The van der Waals surface area contributed by atoms with Crippen molar-refractivity contribution in [2.24, 2.45) is 0 Å². The molecule has 0 aliphatic heterocycles. The molecule has 0 aliphatic rings. The van der Waals surface area contributed by atoms with E-state index in [-0.39, 0.29) is 0 Å². The third-order valence-corrected chi connectivity index (χ3v) is 4.14. The van der Waals surface area contributed by atoms with E-state index in [1.165, 1.54) is 3.57 Å². The predicted octanol–water partition coefficient (Wildman–Crippen LogP) is 4.86. The van der Waals surface area contributed by atoms with Crippen molar-refractivity contribution in [3.05, 3.63) is 75.1 Å². The van der Waals surface area contributed by atoms with E-state index in [0.29, 0.717) is 0 Å². The van der Waals surface area contributed by atoms with Crippen LogP contribution in [0.15, 0.2) is 60.9 Å². The largest absolute Gasteiger partial charge is 0.327 e. The van der Waals surface area contributed by atoms with Gasteiger partial charge in [-0.25, -0.2) is 4.98 Å². The van der Waals surface area contributed by atoms with Gasteiger partial charge in [-0.1, -0.05) is 41.9 Å². The summed E-state index contributed by atoms with van der Waals surface area (Å²) in [6.07, 6.45) is 3.81. The van der Waals surface area contributed by atoms with Gasteiger partial charge in [0, 0.05) is 26.5 Å². The summed E-state index contributed by atoms with van der Waals surface area (Å²) in [6.45, 7) is 0.723. The van der Waals surface area contributed by atoms with Crippen LogP contribution in [0.3, 0.4) is 0 Å². The molecule has 4 heteroatoms. The van der Waals surface area contributed by atoms with E-state index >= 15 is 0 Å². The number of rotatable bonds is 3. The Morgan fingerprint density at radius 3 is 2.75 bits per heavy atom. The van der Waals surface area contributed by atoms with E-state index in [2.05, 4.69) is 50.3 Å². The fraction of sp³-hybridized carbons (Fsp3) is 0.0625. The van der Waals surface area contributed by atoms with Gasteiger partial charge in [-0.05, 0) is 46.4 Å². The smallest absolute Gasteiger partial charge is 0.140 e. The molecule has 20 heavy (non-hydrogen) atoms. The predicted molar refractivity (Wildman–Crippen MR) is 90.9 cm³/mol. The van der Waals surface area contributed by atoms with Crippen molar-refractivity contribution in [3.8, 4) is 11.4 Å². The fourth-order valence-electron chi connectivity index (χ4n) is 2.13. The van der Waals surface area contributed by atoms with Crippen LogP contribution in [0.4, 0.5) is 0 Å². The number of hydrogen-bond donors (Lipinski definition) is 0. The van der Waals surface area contributed by atoms with Crippen LogP contribution in [-0.2, 0) is 6.54 Å². The zero-order chi connectivity index (χ0) is 13.9. The summed E-state index contributed by atoms with van der Waals surface area (Å²) in [5.41, 5.74) is 2.22. The zero-order valence-corrected chi connectivity index (χ0v) is 13.5. The number of halogens is 2. The molecule has 2 aromatic carbocycles. The number of aromatic nitrogens is 2. The molecule has 1 heterocycles. The van der Waals surface area contributed by atoms with Crippen molar-refractivity contribution in [1.82, 2.24) is 9.55 Å². The summed E-state index contributed by atoms with van der Waals surface area (Å²) in [6, 6.07) is 16.2. The lowest BCUT2D eigenvalue weighted by molar-refractivity contribution is 0.807. The van der Waals surface area contributed by atoms with E-state index in [1.807, 2.05) is 42.7 Å². The molecule has 2 nitrogen and oxygen atoms in total. The summed E-state index contributed by atoms with van der Waals surface area (Å²) in [4.78, 5) is 4.47. The molecule has 0 atom stereocenters. The van der Waals surface area contributed by atoms with Crippen LogP contribution in [0.25, 0.3) is 11.4 Å². The van der Waals surface area contributed by atoms with Crippen LogP contribution in [0.2, 0.25) is 5.02 Å². The minimum absolute atomic E-state index is 0.723. The molecule has 0 spiro atoms. The normalized spacial score (nSPS) is 10.7. The molecule has 1 aromatic heterocycles. The molecule has 0 aliphatic carbocycles. The summed E-state index contributed by atoms with van der Waals surface area (Å²) in [5, 5.41) is 0.787. The molecule has 0 bridgehead atoms. The first-order chi connectivity index (χ1) is 9.74. The summed E-state index contributed by atoms with van der Waals surface area (Å²) < 4.78 is 3.32. The molecule has 0 unspecified atom stereocenters. The van der Waals surface area contributed by atoms with E-state index in [9.17, 15) is 0 Å². The van der Waals surface area contributed by atoms with E-state index in [1.54, 1.807) is 0 Å². The van der Waals surface area contributed by atoms with E-state index in [4.69, 9.17) is 11.6 Å². The standard InChI is InChI=1S/C16H12ClIN2/c17-15-7-2-1-4-13(15)11-20-9-8-19-16(20)12-5-3-6-14(18)10-12/h1-10H,11H2. The second-order valence-electron chi connectivity index (χ2n) is 4.48. The van der Waals surface area contributed by atoms with Gasteiger partial charge >= 0.3 is 0 Å². The molecule has 100 valence electrons. The van der Waals surface area contributed by atoms with Crippen molar-refractivity contribution in [2.45, 2.75) is 6.54 Å². The maximum absolute atomic E-state index is 6.23. The lowest BCUT2D eigenvalue weighted by Gasteiger charge is -2.09. The Balaban J connectivity index is 1.97. The summed E-state index contributed by atoms with van der Waals surface area (Å²) >= 11 is 8.54. The molecule has 0 saturated heterocycles. The van der Waals surface area contributed by atoms with Crippen molar-refractivity contribution >= 4 is 34.2 Å². The minimum atomic E-state index is 0.723. The van der Waals surface area contributed by atoms with Gasteiger partial charge < -0.3 is 4.57 Å². The highest BCUT2D eigenvalue weighted by molar-refractivity contribution is 14.1. The van der Waals surface area contributed by atoms with Gasteiger partial charge in [0.25, 0.3) is 0 Å². The topological polar surface area (TPSA) is 17.8 Å². The Morgan fingerprint density at radius 1 is 1.10 bits per heavy atom. The second-order valence-corrected chi connectivity index (χ2v) is 6.13. The monoisotopic (exact) mass is 394 g/mol. The number of imidazole rings is 1. The molecular formula is C16H12ClIN2. The van der Waals surface area contributed by atoms with E-state index < -0.39 is 0 Å². The average molecular weight is 395 g/mol. The highest BCUT2D eigenvalue weighted by atomic mass is 127. The third-order valence-electron chi connectivity index (χ3n) is 3.10. The highest BCUT2D eigenvalue weighted by Crippen LogP contribution is 2.22. The number of nitrogens with zero attached hydrogens (tertiary/aromatic N) is 2. The van der Waals surface area contributed by atoms with Gasteiger partial charge in [0.2, 0.25) is 0 Å². The highest BCUT2D eigenvalue weighted by Gasteiger charge is 2.08. The summed E-state index contributed by atoms with van der Waals surface area (Å²) in [7, 11) is 0. The van der Waals surface area contributed by atoms with Crippen molar-refractivity contribution in [1.29, 1.82) is 0 Å². The van der Waals surface area contributed by atoms with Crippen LogP contribution in [0.1, 0.15) is 5.56 Å².